The number of rotatable bonds is 11. The molecule has 2 N–H and O–H groups in total. The molecule has 0 saturated heterocycles. The van der Waals surface area contributed by atoms with Crippen LogP contribution in [0.15, 0.2) is 47.7 Å². The fourth-order valence-electron chi connectivity index (χ4n) is 4.57. The molecule has 0 saturated carbocycles. The summed E-state index contributed by atoms with van der Waals surface area (Å²) in [7, 11) is 4.39. The van der Waals surface area contributed by atoms with Crippen molar-refractivity contribution in [3.63, 3.8) is 0 Å². The number of amides is 3. The SMILES string of the molecule is CCCc1cc(F)cc2cc(Cn3cncc(NC(=O)[C@H](CC/C=C/C(=O)NC)OC(=O)N(C)C)c3=O)n(C(=O)OC(C)(C)C)c12. The second kappa shape index (κ2) is 15.3. The van der Waals surface area contributed by atoms with Crippen LogP contribution >= 0.6 is 0 Å². The quantitative estimate of drug-likeness (QED) is 0.296. The van der Waals surface area contributed by atoms with Crippen molar-refractivity contribution in [2.75, 3.05) is 26.5 Å². The molecule has 3 amide bonds. The molecule has 13 nitrogen and oxygen atoms in total. The number of carbonyl (C=O) groups is 4. The van der Waals surface area contributed by atoms with E-state index in [0.29, 0.717) is 35.0 Å². The van der Waals surface area contributed by atoms with Crippen LogP contribution in [0.4, 0.5) is 19.7 Å². The van der Waals surface area contributed by atoms with Crippen LogP contribution in [-0.4, -0.2) is 75.9 Å². The first-order valence-electron chi connectivity index (χ1n) is 14.8. The molecule has 2 heterocycles. The van der Waals surface area contributed by atoms with E-state index in [-0.39, 0.29) is 31.0 Å². The van der Waals surface area contributed by atoms with E-state index in [9.17, 15) is 28.4 Å². The largest absolute Gasteiger partial charge is 0.443 e. The lowest BCUT2D eigenvalue weighted by Crippen LogP contribution is -2.38. The van der Waals surface area contributed by atoms with E-state index in [2.05, 4.69) is 15.6 Å². The minimum absolute atomic E-state index is 0.0278. The number of aryl methyl sites for hydroxylation is 1. The number of allylic oxidation sites excluding steroid dienone is 1. The van der Waals surface area contributed by atoms with Gasteiger partial charge in [0, 0.05) is 26.5 Å². The summed E-state index contributed by atoms with van der Waals surface area (Å²) in [5.74, 6) is -1.57. The van der Waals surface area contributed by atoms with E-state index >= 15 is 0 Å². The molecule has 0 aliphatic heterocycles. The number of anilines is 1. The number of nitrogens with zero attached hydrogens (tertiary/aromatic N) is 4. The highest BCUT2D eigenvalue weighted by Gasteiger charge is 2.26. The topological polar surface area (TPSA) is 154 Å². The number of fused-ring (bicyclic) bond motifs is 1. The van der Waals surface area contributed by atoms with Crippen molar-refractivity contribution >= 4 is 40.6 Å². The van der Waals surface area contributed by atoms with Crippen molar-refractivity contribution in [3.8, 4) is 0 Å². The second-order valence-electron chi connectivity index (χ2n) is 11.8. The van der Waals surface area contributed by atoms with Crippen molar-refractivity contribution in [3.05, 3.63) is 70.3 Å². The molecule has 0 unspecified atom stereocenters. The van der Waals surface area contributed by atoms with E-state index in [1.807, 2.05) is 6.92 Å². The number of ether oxygens (including phenoxy) is 2. The van der Waals surface area contributed by atoms with E-state index < -0.39 is 41.2 Å². The first-order chi connectivity index (χ1) is 21.6. The molecule has 46 heavy (non-hydrogen) atoms. The van der Waals surface area contributed by atoms with Crippen LogP contribution in [0.25, 0.3) is 10.9 Å². The number of nitrogens with one attached hydrogen (secondary N) is 2. The van der Waals surface area contributed by atoms with E-state index in [4.69, 9.17) is 9.47 Å². The number of aromatic nitrogens is 3. The second-order valence-corrected chi connectivity index (χ2v) is 11.8. The van der Waals surface area contributed by atoms with Crippen LogP contribution in [0.1, 0.15) is 58.2 Å². The van der Waals surface area contributed by atoms with Gasteiger partial charge < -0.3 is 25.0 Å². The Balaban J connectivity index is 1.97. The van der Waals surface area contributed by atoms with Gasteiger partial charge in [-0.05, 0) is 69.9 Å². The molecule has 0 fully saturated rings. The highest BCUT2D eigenvalue weighted by molar-refractivity contribution is 5.95. The standard InChI is InChI=1S/C32H41FN6O7/c1-8-11-20-14-22(33)15-21-16-23(39(27(20)21)31(44)46-32(2,3)4)18-38-19-35-17-24(29(38)42)36-28(41)25(45-30(43)37(6)7)12-9-10-13-26(40)34-5/h10,13-17,19,25H,8-9,11-12,18H2,1-7H3,(H,34,40)(H,36,41)/b13-10+/t25-/m0/s1. The third kappa shape index (κ3) is 9.25. The number of carbonyl (C=O) groups excluding carboxylic acids is 4. The molecule has 0 aliphatic carbocycles. The lowest BCUT2D eigenvalue weighted by atomic mass is 10.1. The number of hydrogen-bond donors (Lipinski definition) is 2. The van der Waals surface area contributed by atoms with Gasteiger partial charge in [0.2, 0.25) is 5.91 Å². The number of benzene rings is 1. The maximum absolute atomic E-state index is 14.6. The van der Waals surface area contributed by atoms with Gasteiger partial charge >= 0.3 is 12.2 Å². The number of hydrogen-bond acceptors (Lipinski definition) is 8. The molecular formula is C32H41FN6O7. The van der Waals surface area contributed by atoms with Crippen LogP contribution in [0, 0.1) is 5.82 Å². The van der Waals surface area contributed by atoms with Gasteiger partial charge in [-0.25, -0.2) is 23.5 Å². The van der Waals surface area contributed by atoms with E-state index in [1.54, 1.807) is 26.8 Å². The van der Waals surface area contributed by atoms with Gasteiger partial charge in [0.1, 0.15) is 17.1 Å². The number of likely N-dealkylation sites (N-methyl/N-ethyl adjacent to an activating group) is 1. The van der Waals surface area contributed by atoms with Crippen molar-refractivity contribution in [1.29, 1.82) is 0 Å². The minimum atomic E-state index is -1.29. The predicted octanol–water partition coefficient (Wildman–Crippen LogP) is 4.21. The Morgan fingerprint density at radius 3 is 2.50 bits per heavy atom. The van der Waals surface area contributed by atoms with Crippen LogP contribution in [0.3, 0.4) is 0 Å². The third-order valence-electron chi connectivity index (χ3n) is 6.61. The van der Waals surface area contributed by atoms with Gasteiger partial charge in [-0.3, -0.25) is 19.0 Å². The molecule has 14 heteroatoms. The molecule has 2 aromatic heterocycles. The van der Waals surface area contributed by atoms with E-state index in [0.717, 1.165) is 11.1 Å². The molecule has 3 aromatic rings. The third-order valence-corrected chi connectivity index (χ3v) is 6.61. The molecule has 1 atom stereocenters. The van der Waals surface area contributed by atoms with Crippen molar-refractivity contribution < 1.29 is 33.0 Å². The van der Waals surface area contributed by atoms with Crippen LogP contribution in [0.5, 0.6) is 0 Å². The summed E-state index contributed by atoms with van der Waals surface area (Å²) < 4.78 is 28.1. The highest BCUT2D eigenvalue weighted by Crippen LogP contribution is 2.28. The Bertz CT molecular complexity index is 1690. The Hall–Kier alpha value is -5.01. The van der Waals surface area contributed by atoms with Gasteiger partial charge in [0.05, 0.1) is 30.3 Å². The fourth-order valence-corrected chi connectivity index (χ4v) is 4.57. The highest BCUT2D eigenvalue weighted by atomic mass is 19.1. The first-order valence-corrected chi connectivity index (χ1v) is 14.8. The zero-order chi connectivity index (χ0) is 34.2. The van der Waals surface area contributed by atoms with Crippen molar-refractivity contribution in [1.82, 2.24) is 24.3 Å². The molecule has 3 rings (SSSR count). The predicted molar refractivity (Wildman–Crippen MR) is 170 cm³/mol. The normalized spacial score (nSPS) is 12.2. The van der Waals surface area contributed by atoms with Crippen molar-refractivity contribution in [2.45, 2.75) is 71.6 Å². The summed E-state index contributed by atoms with van der Waals surface area (Å²) in [6, 6.07) is 4.31. The summed E-state index contributed by atoms with van der Waals surface area (Å²) >= 11 is 0. The Labute approximate surface area is 266 Å². The fraction of sp³-hybridized carbons (Fsp3) is 0.438. The summed E-state index contributed by atoms with van der Waals surface area (Å²) in [5.41, 5.74) is -0.249. The molecular weight excluding hydrogens is 599 g/mol. The Kier molecular flexibility index (Phi) is 11.8. The average Bonchev–Trinajstić information content (AvgIpc) is 3.33. The van der Waals surface area contributed by atoms with Gasteiger partial charge in [0.25, 0.3) is 11.5 Å². The molecule has 0 aliphatic rings. The maximum atomic E-state index is 14.6. The molecule has 248 valence electrons. The van der Waals surface area contributed by atoms with E-state index in [1.165, 1.54) is 60.9 Å². The Morgan fingerprint density at radius 2 is 1.87 bits per heavy atom. The smallest absolute Gasteiger partial charge is 0.419 e. The monoisotopic (exact) mass is 640 g/mol. The van der Waals surface area contributed by atoms with Crippen LogP contribution < -0.4 is 16.2 Å². The van der Waals surface area contributed by atoms with Crippen LogP contribution in [0.2, 0.25) is 0 Å². The van der Waals surface area contributed by atoms with Gasteiger partial charge in [-0.15, -0.1) is 0 Å². The lowest BCUT2D eigenvalue weighted by molar-refractivity contribution is -0.125. The summed E-state index contributed by atoms with van der Waals surface area (Å²) in [6.45, 7) is 6.96. The molecule has 1 aromatic carbocycles. The molecule has 0 radical (unpaired) electrons. The first kappa shape index (κ1) is 35.5. The summed E-state index contributed by atoms with van der Waals surface area (Å²) in [6.07, 6.45) is 3.92. The van der Waals surface area contributed by atoms with Gasteiger partial charge in [-0.1, -0.05) is 19.4 Å². The van der Waals surface area contributed by atoms with Crippen molar-refractivity contribution in [2.24, 2.45) is 0 Å². The number of halogens is 1. The zero-order valence-electron chi connectivity index (χ0n) is 27.2. The van der Waals surface area contributed by atoms with Gasteiger partial charge in [0.15, 0.2) is 6.10 Å². The summed E-state index contributed by atoms with van der Waals surface area (Å²) in [4.78, 5) is 69.2. The average molecular weight is 641 g/mol. The summed E-state index contributed by atoms with van der Waals surface area (Å²) in [5, 5.41) is 5.39. The minimum Gasteiger partial charge on any atom is -0.443 e. The lowest BCUT2D eigenvalue weighted by Gasteiger charge is -2.22. The zero-order valence-corrected chi connectivity index (χ0v) is 27.2. The van der Waals surface area contributed by atoms with Gasteiger partial charge in [-0.2, -0.15) is 0 Å². The molecule has 0 bridgehead atoms. The molecule has 0 spiro atoms. The Morgan fingerprint density at radius 1 is 1.15 bits per heavy atom. The van der Waals surface area contributed by atoms with Crippen LogP contribution in [-0.2, 0) is 32.0 Å². The maximum Gasteiger partial charge on any atom is 0.419 e.